The molecule has 1 aliphatic rings. The van der Waals surface area contributed by atoms with E-state index in [4.69, 9.17) is 0 Å². The number of nitrogens with zero attached hydrogens (tertiary/aromatic N) is 1. The van der Waals surface area contributed by atoms with Crippen LogP contribution >= 0.6 is 11.8 Å². The number of benzene rings is 3. The summed E-state index contributed by atoms with van der Waals surface area (Å²) in [6.07, 6.45) is 0. The van der Waals surface area contributed by atoms with E-state index in [0.29, 0.717) is 0 Å². The van der Waals surface area contributed by atoms with Crippen LogP contribution < -0.4 is 4.90 Å². The first kappa shape index (κ1) is 15.0. The third-order valence-corrected chi connectivity index (χ3v) is 5.35. The molecule has 0 saturated carbocycles. The average molecular weight is 331 g/mol. The molecular formula is C21H17NOS. The van der Waals surface area contributed by atoms with Crippen LogP contribution in [0.2, 0.25) is 0 Å². The monoisotopic (exact) mass is 331 g/mol. The maximum atomic E-state index is 11.8. The topological polar surface area (TPSA) is 20.3 Å². The molecule has 1 aliphatic heterocycles. The third-order valence-electron chi connectivity index (χ3n) is 4.22. The van der Waals surface area contributed by atoms with Gasteiger partial charge in [0.05, 0.1) is 11.4 Å². The van der Waals surface area contributed by atoms with Gasteiger partial charge in [-0.3, -0.25) is 4.79 Å². The van der Waals surface area contributed by atoms with Crippen molar-refractivity contribution in [3.8, 4) is 0 Å². The molecule has 0 unspecified atom stereocenters. The Labute approximate surface area is 146 Å². The highest BCUT2D eigenvalue weighted by Gasteiger charge is 2.24. The second-order valence-electron chi connectivity index (χ2n) is 5.88. The van der Waals surface area contributed by atoms with Gasteiger partial charge in [-0.05, 0) is 36.8 Å². The number of ketones is 1. The van der Waals surface area contributed by atoms with E-state index in [0.717, 1.165) is 17.8 Å². The molecule has 0 radical (unpaired) electrons. The first-order valence-corrected chi connectivity index (χ1v) is 8.77. The van der Waals surface area contributed by atoms with Crippen molar-refractivity contribution in [2.45, 2.75) is 23.3 Å². The maximum Gasteiger partial charge on any atom is 0.159 e. The molecule has 0 fully saturated rings. The molecule has 24 heavy (non-hydrogen) atoms. The van der Waals surface area contributed by atoms with Crippen molar-refractivity contribution in [1.29, 1.82) is 0 Å². The molecule has 0 N–H and O–H groups in total. The van der Waals surface area contributed by atoms with Crippen molar-refractivity contribution in [2.75, 3.05) is 4.90 Å². The van der Waals surface area contributed by atoms with E-state index in [1.54, 1.807) is 18.7 Å². The van der Waals surface area contributed by atoms with Gasteiger partial charge in [-0.2, -0.15) is 0 Å². The number of anilines is 2. The van der Waals surface area contributed by atoms with Gasteiger partial charge in [0, 0.05) is 21.9 Å². The van der Waals surface area contributed by atoms with Crippen LogP contribution in [0.4, 0.5) is 11.4 Å². The quantitative estimate of drug-likeness (QED) is 0.575. The molecule has 2 nitrogen and oxygen atoms in total. The number of hydrogen-bond donors (Lipinski definition) is 0. The lowest BCUT2D eigenvalue weighted by Crippen LogP contribution is -2.20. The Bertz CT molecular complexity index is 905. The van der Waals surface area contributed by atoms with E-state index in [9.17, 15) is 4.79 Å². The zero-order valence-corrected chi connectivity index (χ0v) is 14.2. The number of Topliss-reactive ketones (excluding diaryl/α,β-unsaturated/α-hetero) is 1. The predicted molar refractivity (Wildman–Crippen MR) is 99.3 cm³/mol. The zero-order valence-electron chi connectivity index (χ0n) is 13.4. The summed E-state index contributed by atoms with van der Waals surface area (Å²) in [5.74, 6) is 0.0984. The van der Waals surface area contributed by atoms with Crippen LogP contribution in [0.15, 0.2) is 82.6 Å². The van der Waals surface area contributed by atoms with Crippen molar-refractivity contribution in [3.63, 3.8) is 0 Å². The minimum Gasteiger partial charge on any atom is -0.335 e. The summed E-state index contributed by atoms with van der Waals surface area (Å²) in [5, 5.41) is 0. The van der Waals surface area contributed by atoms with Crippen LogP contribution in [0.25, 0.3) is 0 Å². The Morgan fingerprint density at radius 1 is 0.875 bits per heavy atom. The van der Waals surface area contributed by atoms with E-state index in [1.165, 1.54) is 21.0 Å². The fourth-order valence-corrected chi connectivity index (χ4v) is 4.06. The highest BCUT2D eigenvalue weighted by atomic mass is 32.2. The van der Waals surface area contributed by atoms with Gasteiger partial charge >= 0.3 is 0 Å². The van der Waals surface area contributed by atoms with Gasteiger partial charge < -0.3 is 4.90 Å². The van der Waals surface area contributed by atoms with Gasteiger partial charge in [0.1, 0.15) is 0 Å². The SMILES string of the molecule is CC(=O)c1ccc2c(c1)N(Cc1ccccc1)c1ccccc1S2. The lowest BCUT2D eigenvalue weighted by atomic mass is 10.1. The summed E-state index contributed by atoms with van der Waals surface area (Å²) in [4.78, 5) is 16.6. The van der Waals surface area contributed by atoms with Crippen LogP contribution in [-0.2, 0) is 6.54 Å². The van der Waals surface area contributed by atoms with Crippen LogP contribution in [0, 0.1) is 0 Å². The van der Waals surface area contributed by atoms with E-state index < -0.39 is 0 Å². The Balaban J connectivity index is 1.84. The molecule has 3 aromatic carbocycles. The second kappa shape index (κ2) is 6.17. The predicted octanol–water partition coefficient (Wildman–Crippen LogP) is 5.69. The normalized spacial score (nSPS) is 12.5. The fraction of sp³-hybridized carbons (Fsp3) is 0.0952. The summed E-state index contributed by atoms with van der Waals surface area (Å²) in [6.45, 7) is 2.40. The van der Waals surface area contributed by atoms with Crippen molar-refractivity contribution in [2.24, 2.45) is 0 Å². The molecule has 0 aliphatic carbocycles. The molecule has 0 spiro atoms. The van der Waals surface area contributed by atoms with Gasteiger partial charge in [0.25, 0.3) is 0 Å². The Morgan fingerprint density at radius 2 is 1.58 bits per heavy atom. The van der Waals surface area contributed by atoms with Gasteiger partial charge in [-0.15, -0.1) is 0 Å². The molecule has 0 saturated heterocycles. The maximum absolute atomic E-state index is 11.8. The number of fused-ring (bicyclic) bond motifs is 2. The highest BCUT2D eigenvalue weighted by molar-refractivity contribution is 7.99. The van der Waals surface area contributed by atoms with E-state index in [-0.39, 0.29) is 5.78 Å². The molecule has 4 rings (SSSR count). The summed E-state index contributed by atoms with van der Waals surface area (Å²) >= 11 is 1.76. The van der Waals surface area contributed by atoms with E-state index >= 15 is 0 Å². The third kappa shape index (κ3) is 2.72. The molecule has 1 heterocycles. The van der Waals surface area contributed by atoms with Crippen LogP contribution in [0.3, 0.4) is 0 Å². The number of carbonyl (C=O) groups excluding carboxylic acids is 1. The molecular weight excluding hydrogens is 314 g/mol. The minimum absolute atomic E-state index is 0.0984. The molecule has 0 aromatic heterocycles. The Morgan fingerprint density at radius 3 is 2.38 bits per heavy atom. The lowest BCUT2D eigenvalue weighted by Gasteiger charge is -2.33. The van der Waals surface area contributed by atoms with E-state index in [2.05, 4.69) is 59.5 Å². The second-order valence-corrected chi connectivity index (χ2v) is 6.96. The van der Waals surface area contributed by atoms with Crippen molar-refractivity contribution in [1.82, 2.24) is 0 Å². The molecule has 3 aromatic rings. The van der Waals surface area contributed by atoms with Crippen molar-refractivity contribution < 1.29 is 4.79 Å². The summed E-state index contributed by atoms with van der Waals surface area (Å²) in [7, 11) is 0. The Kier molecular flexibility index (Phi) is 3.87. The lowest BCUT2D eigenvalue weighted by molar-refractivity contribution is 0.101. The number of para-hydroxylation sites is 1. The van der Waals surface area contributed by atoms with Gasteiger partial charge in [-0.25, -0.2) is 0 Å². The van der Waals surface area contributed by atoms with Crippen LogP contribution in [0.5, 0.6) is 0 Å². The van der Waals surface area contributed by atoms with Crippen molar-refractivity contribution >= 4 is 28.9 Å². The first-order valence-electron chi connectivity index (χ1n) is 7.96. The number of carbonyl (C=O) groups is 1. The molecule has 0 amide bonds. The fourth-order valence-electron chi connectivity index (χ4n) is 2.98. The zero-order chi connectivity index (χ0) is 16.5. The van der Waals surface area contributed by atoms with Crippen LogP contribution in [0.1, 0.15) is 22.8 Å². The summed E-state index contributed by atoms with van der Waals surface area (Å²) < 4.78 is 0. The molecule has 0 bridgehead atoms. The van der Waals surface area contributed by atoms with Crippen molar-refractivity contribution in [3.05, 3.63) is 83.9 Å². The standard InChI is InChI=1S/C21H17NOS/c1-15(23)17-11-12-21-19(13-17)22(14-16-7-3-2-4-8-16)18-9-5-6-10-20(18)24-21/h2-13H,14H2,1H3. The highest BCUT2D eigenvalue weighted by Crippen LogP contribution is 2.48. The van der Waals surface area contributed by atoms with E-state index in [1.807, 2.05) is 18.2 Å². The van der Waals surface area contributed by atoms with Gasteiger partial charge in [0.2, 0.25) is 0 Å². The van der Waals surface area contributed by atoms with Crippen LogP contribution in [-0.4, -0.2) is 5.78 Å². The number of hydrogen-bond acceptors (Lipinski definition) is 3. The molecule has 118 valence electrons. The minimum atomic E-state index is 0.0984. The first-order chi connectivity index (χ1) is 11.7. The largest absolute Gasteiger partial charge is 0.335 e. The summed E-state index contributed by atoms with van der Waals surface area (Å²) in [5.41, 5.74) is 4.31. The number of rotatable bonds is 3. The van der Waals surface area contributed by atoms with Gasteiger partial charge in [0.15, 0.2) is 5.78 Å². The average Bonchev–Trinajstić information content (AvgIpc) is 2.62. The molecule has 3 heteroatoms. The molecule has 0 atom stereocenters. The van der Waals surface area contributed by atoms with Gasteiger partial charge in [-0.1, -0.05) is 60.3 Å². The Hall–Kier alpha value is -2.52. The smallest absolute Gasteiger partial charge is 0.159 e. The summed E-state index contributed by atoms with van der Waals surface area (Å²) in [6, 6.07) is 24.9.